The molecule has 1 unspecified atom stereocenters. The third-order valence-electron chi connectivity index (χ3n) is 3.38. The summed E-state index contributed by atoms with van der Waals surface area (Å²) in [5.41, 5.74) is 0. The van der Waals surface area contributed by atoms with Gasteiger partial charge in [-0.2, -0.15) is 0 Å². The molecule has 0 aromatic rings. The van der Waals surface area contributed by atoms with Crippen molar-refractivity contribution in [3.63, 3.8) is 0 Å². The van der Waals surface area contributed by atoms with Gasteiger partial charge >= 0.3 is 0 Å². The summed E-state index contributed by atoms with van der Waals surface area (Å²) in [6.45, 7) is 6.24. The number of likely N-dealkylation sites (N-methyl/N-ethyl adjacent to an activating group) is 1. The molecule has 1 amide bonds. The van der Waals surface area contributed by atoms with Crippen molar-refractivity contribution in [1.29, 1.82) is 0 Å². The van der Waals surface area contributed by atoms with Gasteiger partial charge in [-0.25, -0.2) is 0 Å². The minimum Gasteiger partial charge on any atom is -0.328 e. The van der Waals surface area contributed by atoms with Gasteiger partial charge in [-0.15, -0.1) is 0 Å². The summed E-state index contributed by atoms with van der Waals surface area (Å²) in [6, 6.07) is 0.543. The molecule has 2 saturated heterocycles. The van der Waals surface area contributed by atoms with E-state index in [0.29, 0.717) is 6.04 Å². The van der Waals surface area contributed by atoms with Crippen LogP contribution in [0.4, 0.5) is 0 Å². The molecule has 3 heteroatoms. The Labute approximate surface area is 73.5 Å². The molecular formula is C9H17N2O+. The molecule has 0 N–H and O–H groups in total. The maximum absolute atomic E-state index is 11.2. The smallest absolute Gasteiger partial charge is 0.220 e. The average Bonchev–Trinajstić information content (AvgIpc) is 2.27. The Kier molecular flexibility index (Phi) is 1.65. The Morgan fingerprint density at radius 2 is 2.25 bits per heavy atom. The third kappa shape index (κ3) is 1.12. The van der Waals surface area contributed by atoms with Gasteiger partial charge in [-0.05, 0) is 0 Å². The molecule has 0 aromatic carbocycles. The molecule has 2 heterocycles. The zero-order valence-corrected chi connectivity index (χ0v) is 7.92. The molecule has 3 nitrogen and oxygen atoms in total. The van der Waals surface area contributed by atoms with Crippen molar-refractivity contribution in [2.45, 2.75) is 19.4 Å². The molecule has 2 fully saturated rings. The second-order valence-corrected chi connectivity index (χ2v) is 4.40. The van der Waals surface area contributed by atoms with Gasteiger partial charge in [0.15, 0.2) is 0 Å². The first-order valence-corrected chi connectivity index (χ1v) is 4.71. The zero-order valence-electron chi connectivity index (χ0n) is 7.92. The van der Waals surface area contributed by atoms with Crippen LogP contribution in [0.5, 0.6) is 0 Å². The van der Waals surface area contributed by atoms with Crippen molar-refractivity contribution in [3.05, 3.63) is 0 Å². The number of carbonyl (C=O) groups excluding carboxylic acids is 1. The first-order valence-electron chi connectivity index (χ1n) is 4.71. The molecule has 2 atom stereocenters. The van der Waals surface area contributed by atoms with Gasteiger partial charge in [0, 0.05) is 13.3 Å². The van der Waals surface area contributed by atoms with Crippen LogP contribution >= 0.6 is 0 Å². The highest BCUT2D eigenvalue weighted by molar-refractivity contribution is 5.73. The number of hydrogen-bond donors (Lipinski definition) is 0. The van der Waals surface area contributed by atoms with E-state index in [1.54, 1.807) is 6.92 Å². The molecule has 2 rings (SSSR count). The van der Waals surface area contributed by atoms with Crippen LogP contribution in [-0.4, -0.2) is 54.6 Å². The number of rotatable bonds is 0. The van der Waals surface area contributed by atoms with E-state index < -0.39 is 0 Å². The van der Waals surface area contributed by atoms with Crippen LogP contribution in [0, 0.1) is 0 Å². The van der Waals surface area contributed by atoms with Crippen molar-refractivity contribution in [3.8, 4) is 0 Å². The Bertz CT molecular complexity index is 217. The minimum atomic E-state index is 0.258. The predicted octanol–water partition coefficient (Wildman–Crippen LogP) is 0.0674. The zero-order chi connectivity index (χ0) is 8.77. The Hall–Kier alpha value is -0.570. The lowest BCUT2D eigenvalue weighted by Gasteiger charge is -2.38. The highest BCUT2D eigenvalue weighted by atomic mass is 16.2. The molecule has 0 saturated carbocycles. The van der Waals surface area contributed by atoms with Gasteiger partial charge in [-0.1, -0.05) is 0 Å². The van der Waals surface area contributed by atoms with Crippen LogP contribution in [0.3, 0.4) is 0 Å². The molecule has 2 bridgehead atoms. The van der Waals surface area contributed by atoms with Gasteiger partial charge in [0.25, 0.3) is 0 Å². The summed E-state index contributed by atoms with van der Waals surface area (Å²) in [7, 11) is 2.30. The van der Waals surface area contributed by atoms with Crippen molar-refractivity contribution < 1.29 is 9.28 Å². The topological polar surface area (TPSA) is 20.3 Å². The van der Waals surface area contributed by atoms with Crippen LogP contribution in [0.2, 0.25) is 0 Å². The van der Waals surface area contributed by atoms with E-state index in [2.05, 4.69) is 7.05 Å². The van der Waals surface area contributed by atoms with Crippen LogP contribution < -0.4 is 0 Å². The Balaban J connectivity index is 2.11. The quantitative estimate of drug-likeness (QED) is 0.470. The molecule has 2 aliphatic rings. The highest BCUT2D eigenvalue weighted by Crippen LogP contribution is 2.26. The van der Waals surface area contributed by atoms with Crippen molar-refractivity contribution >= 4 is 5.91 Å². The maximum Gasteiger partial charge on any atom is 0.220 e. The second kappa shape index (κ2) is 2.46. The fraction of sp³-hybridized carbons (Fsp3) is 0.889. The van der Waals surface area contributed by atoms with E-state index in [4.69, 9.17) is 0 Å². The number of carbonyl (C=O) groups is 1. The normalized spacial score (nSPS) is 40.2. The number of amides is 1. The van der Waals surface area contributed by atoms with Gasteiger partial charge in [0.2, 0.25) is 5.91 Å². The summed E-state index contributed by atoms with van der Waals surface area (Å²) in [4.78, 5) is 13.3. The standard InChI is InChI=1S/C9H17N2O/c1-8(12)10-4-6-11(2)5-3-9(10)7-11/h9H,3-7H2,1-2H3/q+1/t9?,11-/m1/s1. The molecule has 2 aliphatic heterocycles. The van der Waals surface area contributed by atoms with Gasteiger partial charge in [0.1, 0.15) is 0 Å². The lowest BCUT2D eigenvalue weighted by Crippen LogP contribution is -2.56. The number of nitrogens with zero attached hydrogens (tertiary/aromatic N) is 2. The number of piperazine rings is 1. The molecule has 0 spiro atoms. The average molecular weight is 169 g/mol. The van der Waals surface area contributed by atoms with Crippen LogP contribution in [-0.2, 0) is 4.79 Å². The van der Waals surface area contributed by atoms with Gasteiger partial charge in [0.05, 0.1) is 39.3 Å². The van der Waals surface area contributed by atoms with Gasteiger partial charge in [-0.3, -0.25) is 4.79 Å². The minimum absolute atomic E-state index is 0.258. The fourth-order valence-corrected chi connectivity index (χ4v) is 2.56. The van der Waals surface area contributed by atoms with E-state index in [1.807, 2.05) is 4.90 Å². The van der Waals surface area contributed by atoms with E-state index >= 15 is 0 Å². The summed E-state index contributed by atoms with van der Waals surface area (Å²) in [5, 5.41) is 0. The largest absolute Gasteiger partial charge is 0.328 e. The molecular weight excluding hydrogens is 152 g/mol. The summed E-state index contributed by atoms with van der Waals surface area (Å²) in [5.74, 6) is 0.258. The van der Waals surface area contributed by atoms with Crippen molar-refractivity contribution in [2.75, 3.05) is 33.2 Å². The van der Waals surface area contributed by atoms with E-state index in [0.717, 1.165) is 13.1 Å². The fourth-order valence-electron chi connectivity index (χ4n) is 2.56. The summed E-state index contributed by atoms with van der Waals surface area (Å²) < 4.78 is 1.19. The van der Waals surface area contributed by atoms with Gasteiger partial charge < -0.3 is 9.38 Å². The number of hydrogen-bond acceptors (Lipinski definition) is 1. The van der Waals surface area contributed by atoms with Crippen molar-refractivity contribution in [1.82, 2.24) is 4.90 Å². The van der Waals surface area contributed by atoms with E-state index in [-0.39, 0.29) is 5.91 Å². The summed E-state index contributed by atoms with van der Waals surface area (Å²) in [6.07, 6.45) is 1.20. The molecule has 0 aliphatic carbocycles. The van der Waals surface area contributed by atoms with Crippen LogP contribution in [0.25, 0.3) is 0 Å². The van der Waals surface area contributed by atoms with Crippen LogP contribution in [0.15, 0.2) is 0 Å². The van der Waals surface area contributed by atoms with Crippen LogP contribution in [0.1, 0.15) is 13.3 Å². The molecule has 0 radical (unpaired) electrons. The van der Waals surface area contributed by atoms with E-state index in [9.17, 15) is 4.79 Å². The first-order chi connectivity index (χ1) is 5.61. The Morgan fingerprint density at radius 1 is 1.50 bits per heavy atom. The Morgan fingerprint density at radius 3 is 2.92 bits per heavy atom. The van der Waals surface area contributed by atoms with E-state index in [1.165, 1.54) is 24.0 Å². The number of fused-ring (bicyclic) bond motifs is 2. The SMILES string of the molecule is CC(=O)N1CC[N@@+]2(C)CCC1C2. The number of quaternary nitrogens is 1. The monoisotopic (exact) mass is 169 g/mol. The highest BCUT2D eigenvalue weighted by Gasteiger charge is 2.43. The maximum atomic E-state index is 11.2. The molecule has 0 aromatic heterocycles. The lowest BCUT2D eigenvalue weighted by atomic mass is 10.2. The lowest BCUT2D eigenvalue weighted by molar-refractivity contribution is -0.901. The molecule has 68 valence electrons. The predicted molar refractivity (Wildman–Crippen MR) is 46.6 cm³/mol. The summed E-state index contributed by atoms with van der Waals surface area (Å²) >= 11 is 0. The second-order valence-electron chi connectivity index (χ2n) is 4.40. The third-order valence-corrected chi connectivity index (χ3v) is 3.38. The van der Waals surface area contributed by atoms with Crippen molar-refractivity contribution in [2.24, 2.45) is 0 Å². The molecule has 12 heavy (non-hydrogen) atoms. The first kappa shape index (κ1) is 8.05.